The third-order valence-electron chi connectivity index (χ3n) is 3.62. The van der Waals surface area contributed by atoms with Crippen LogP contribution in [-0.2, 0) is 21.7 Å². The van der Waals surface area contributed by atoms with E-state index < -0.39 is 5.60 Å². The average Bonchev–Trinajstić information content (AvgIpc) is 2.36. The lowest BCUT2D eigenvalue weighted by molar-refractivity contribution is -0.182. The summed E-state index contributed by atoms with van der Waals surface area (Å²) in [6.07, 6.45) is 3.18. The first-order valence-electron chi connectivity index (χ1n) is 7.51. The van der Waals surface area contributed by atoms with Crippen molar-refractivity contribution in [2.45, 2.75) is 57.5 Å². The Morgan fingerprint density at radius 3 is 2.71 bits per heavy atom. The van der Waals surface area contributed by atoms with Crippen molar-refractivity contribution in [2.75, 3.05) is 6.61 Å². The van der Waals surface area contributed by atoms with Gasteiger partial charge < -0.3 is 14.6 Å². The maximum Gasteiger partial charge on any atom is 0.0946 e. The smallest absolute Gasteiger partial charge is 0.0946 e. The zero-order valence-corrected chi connectivity index (χ0v) is 13.3. The summed E-state index contributed by atoms with van der Waals surface area (Å²) in [4.78, 5) is 0. The van der Waals surface area contributed by atoms with Crippen LogP contribution < -0.4 is 0 Å². The summed E-state index contributed by atoms with van der Waals surface area (Å²) in [5, 5.41) is 10.7. The Bertz CT molecular complexity index is 481. The number of benzene rings is 1. The molecule has 1 N–H and O–H groups in total. The average molecular weight is 290 g/mol. The summed E-state index contributed by atoms with van der Waals surface area (Å²) in [6.45, 7) is 10.8. The van der Waals surface area contributed by atoms with Gasteiger partial charge in [0.05, 0.1) is 30.5 Å². The van der Waals surface area contributed by atoms with Crippen LogP contribution in [0.3, 0.4) is 0 Å². The number of ether oxygens (including phenoxy) is 2. The minimum absolute atomic E-state index is 0.135. The molecule has 0 unspecified atom stereocenters. The van der Waals surface area contributed by atoms with Gasteiger partial charge in [0.1, 0.15) is 0 Å². The maximum absolute atomic E-state index is 10.7. The highest BCUT2D eigenvalue weighted by Crippen LogP contribution is 2.44. The van der Waals surface area contributed by atoms with E-state index in [1.165, 1.54) is 0 Å². The third kappa shape index (κ3) is 4.40. The summed E-state index contributed by atoms with van der Waals surface area (Å²) >= 11 is 0. The molecular weight excluding hydrogens is 264 g/mol. The van der Waals surface area contributed by atoms with Gasteiger partial charge in [0.2, 0.25) is 0 Å². The monoisotopic (exact) mass is 290 g/mol. The van der Waals surface area contributed by atoms with Gasteiger partial charge in [-0.1, -0.05) is 30.3 Å². The highest BCUT2D eigenvalue weighted by atomic mass is 16.5. The molecule has 0 amide bonds. The van der Waals surface area contributed by atoms with Gasteiger partial charge in [0, 0.05) is 12.8 Å². The second-order valence-corrected chi connectivity index (χ2v) is 6.80. The fourth-order valence-corrected chi connectivity index (χ4v) is 2.72. The topological polar surface area (TPSA) is 38.7 Å². The molecule has 0 aliphatic heterocycles. The van der Waals surface area contributed by atoms with Crippen molar-refractivity contribution in [3.63, 3.8) is 0 Å². The summed E-state index contributed by atoms with van der Waals surface area (Å²) < 4.78 is 11.4. The Morgan fingerprint density at radius 2 is 2.10 bits per heavy atom. The molecule has 0 saturated heterocycles. The van der Waals surface area contributed by atoms with Crippen LogP contribution in [0.2, 0.25) is 0 Å². The van der Waals surface area contributed by atoms with Gasteiger partial charge in [0.15, 0.2) is 0 Å². The lowest BCUT2D eigenvalue weighted by Gasteiger charge is -2.46. The Kier molecular flexibility index (Phi) is 4.87. The van der Waals surface area contributed by atoms with Gasteiger partial charge in [-0.05, 0) is 31.9 Å². The fraction of sp³-hybridized carbons (Fsp3) is 0.556. The highest BCUT2D eigenvalue weighted by Gasteiger charge is 2.46. The molecule has 3 nitrogen and oxygen atoms in total. The first-order chi connectivity index (χ1) is 9.82. The Balaban J connectivity index is 1.96. The summed E-state index contributed by atoms with van der Waals surface area (Å²) in [5.41, 5.74) is 1.11. The van der Waals surface area contributed by atoms with E-state index in [1.807, 2.05) is 45.0 Å². The number of aliphatic hydroxyl groups is 1. The first kappa shape index (κ1) is 16.2. The van der Waals surface area contributed by atoms with Crippen molar-refractivity contribution in [2.24, 2.45) is 0 Å². The van der Waals surface area contributed by atoms with Crippen LogP contribution >= 0.6 is 0 Å². The van der Waals surface area contributed by atoms with Crippen LogP contribution in [0.1, 0.15) is 44.7 Å². The van der Waals surface area contributed by atoms with E-state index >= 15 is 0 Å². The number of hydrogen-bond donors (Lipinski definition) is 1. The predicted molar refractivity (Wildman–Crippen MR) is 84.1 cm³/mol. The van der Waals surface area contributed by atoms with Gasteiger partial charge in [-0.2, -0.15) is 0 Å². The molecule has 0 bridgehead atoms. The van der Waals surface area contributed by atoms with Crippen LogP contribution in [0.4, 0.5) is 0 Å². The molecule has 0 aromatic heterocycles. The molecule has 0 radical (unpaired) electrons. The molecule has 1 aromatic carbocycles. The molecule has 1 fully saturated rings. The summed E-state index contributed by atoms with van der Waals surface area (Å²) in [6, 6.07) is 7.98. The van der Waals surface area contributed by atoms with Crippen LogP contribution in [0.25, 0.3) is 0 Å². The molecule has 0 spiro atoms. The van der Waals surface area contributed by atoms with E-state index in [0.717, 1.165) is 11.1 Å². The predicted octanol–water partition coefficient (Wildman–Crippen LogP) is 3.55. The normalized spacial score (nSPS) is 25.4. The second-order valence-electron chi connectivity index (χ2n) is 6.80. The minimum atomic E-state index is -0.760. The lowest BCUT2D eigenvalue weighted by atomic mass is 9.72. The minimum Gasteiger partial charge on any atom is -0.385 e. The van der Waals surface area contributed by atoms with Crippen LogP contribution in [0, 0.1) is 0 Å². The van der Waals surface area contributed by atoms with E-state index in [9.17, 15) is 5.11 Å². The third-order valence-corrected chi connectivity index (χ3v) is 3.62. The molecular formula is C18H26O3. The van der Waals surface area contributed by atoms with Crippen molar-refractivity contribution >= 4 is 0 Å². The van der Waals surface area contributed by atoms with Gasteiger partial charge in [-0.3, -0.25) is 0 Å². The molecule has 0 heterocycles. The molecule has 2 rings (SSSR count). The molecule has 116 valence electrons. The maximum atomic E-state index is 10.7. The van der Waals surface area contributed by atoms with E-state index in [1.54, 1.807) is 6.08 Å². The molecule has 1 aromatic rings. The quantitative estimate of drug-likeness (QED) is 0.643. The van der Waals surface area contributed by atoms with E-state index in [2.05, 4.69) is 6.58 Å². The molecule has 1 saturated carbocycles. The second kappa shape index (κ2) is 6.30. The van der Waals surface area contributed by atoms with Crippen molar-refractivity contribution in [3.8, 4) is 0 Å². The lowest BCUT2D eigenvalue weighted by Crippen LogP contribution is -2.48. The van der Waals surface area contributed by atoms with E-state index in [4.69, 9.17) is 9.47 Å². The van der Waals surface area contributed by atoms with Crippen LogP contribution in [0.5, 0.6) is 0 Å². The van der Waals surface area contributed by atoms with E-state index in [0.29, 0.717) is 26.1 Å². The Hall–Kier alpha value is -1.16. The van der Waals surface area contributed by atoms with Crippen LogP contribution in [0.15, 0.2) is 36.9 Å². The van der Waals surface area contributed by atoms with Gasteiger partial charge >= 0.3 is 0 Å². The SMILES string of the molecule is C=CCOCc1cccc([C@]2(O)C[C@H](OC(C)(C)C)C2)c1. The van der Waals surface area contributed by atoms with Crippen molar-refractivity contribution in [1.29, 1.82) is 0 Å². The van der Waals surface area contributed by atoms with Crippen molar-refractivity contribution in [1.82, 2.24) is 0 Å². The van der Waals surface area contributed by atoms with Crippen LogP contribution in [-0.4, -0.2) is 23.4 Å². The van der Waals surface area contributed by atoms with Gasteiger partial charge in [-0.15, -0.1) is 6.58 Å². The van der Waals surface area contributed by atoms with Crippen molar-refractivity contribution < 1.29 is 14.6 Å². The summed E-state index contributed by atoms with van der Waals surface area (Å²) in [5.74, 6) is 0. The molecule has 3 heteroatoms. The summed E-state index contributed by atoms with van der Waals surface area (Å²) in [7, 11) is 0. The molecule has 0 atom stereocenters. The first-order valence-corrected chi connectivity index (χ1v) is 7.51. The zero-order chi connectivity index (χ0) is 15.5. The van der Waals surface area contributed by atoms with E-state index in [-0.39, 0.29) is 11.7 Å². The highest BCUT2D eigenvalue weighted by molar-refractivity contribution is 5.30. The standard InChI is InChI=1S/C18H26O3/c1-5-9-20-13-14-7-6-8-15(10-14)18(19)11-16(12-18)21-17(2,3)4/h5-8,10,16,19H,1,9,11-13H2,2-4H3/t16-,18-. The molecule has 1 aliphatic carbocycles. The van der Waals surface area contributed by atoms with Gasteiger partial charge in [0.25, 0.3) is 0 Å². The van der Waals surface area contributed by atoms with Gasteiger partial charge in [-0.25, -0.2) is 0 Å². The largest absolute Gasteiger partial charge is 0.385 e. The fourth-order valence-electron chi connectivity index (χ4n) is 2.72. The Labute approximate surface area is 127 Å². The zero-order valence-electron chi connectivity index (χ0n) is 13.3. The molecule has 21 heavy (non-hydrogen) atoms. The Morgan fingerprint density at radius 1 is 1.38 bits per heavy atom. The number of rotatable bonds is 6. The number of hydrogen-bond acceptors (Lipinski definition) is 3. The van der Waals surface area contributed by atoms with Crippen molar-refractivity contribution in [3.05, 3.63) is 48.0 Å². The molecule has 1 aliphatic rings.